The first kappa shape index (κ1) is 20.2. The molecule has 1 amide bonds. The smallest absolute Gasteiger partial charge is 0.355 e. The van der Waals surface area contributed by atoms with Gasteiger partial charge in [0, 0.05) is 43.5 Å². The van der Waals surface area contributed by atoms with Crippen LogP contribution in [0, 0.1) is 0 Å². The zero-order valence-corrected chi connectivity index (χ0v) is 15.7. The van der Waals surface area contributed by atoms with E-state index in [9.17, 15) is 18.0 Å². The minimum absolute atomic E-state index is 0.0998. The minimum Gasteiger partial charge on any atom is -0.355 e. The summed E-state index contributed by atoms with van der Waals surface area (Å²) in [5, 5.41) is 0.632. The van der Waals surface area contributed by atoms with Gasteiger partial charge in [-0.3, -0.25) is 4.79 Å². The van der Waals surface area contributed by atoms with E-state index in [1.807, 2.05) is 17.0 Å². The lowest BCUT2D eigenvalue weighted by atomic mass is 10.2. The minimum atomic E-state index is -4.40. The molecule has 28 heavy (non-hydrogen) atoms. The van der Waals surface area contributed by atoms with Crippen molar-refractivity contribution in [3.05, 3.63) is 64.8 Å². The van der Waals surface area contributed by atoms with E-state index in [2.05, 4.69) is 4.98 Å². The highest BCUT2D eigenvalue weighted by Gasteiger charge is 2.31. The average Bonchev–Trinajstić information content (AvgIpc) is 2.93. The van der Waals surface area contributed by atoms with Crippen molar-refractivity contribution >= 4 is 29.4 Å². The molecule has 0 atom stereocenters. The molecule has 1 saturated heterocycles. The third-order valence-electron chi connectivity index (χ3n) is 4.50. The maximum Gasteiger partial charge on any atom is 0.417 e. The van der Waals surface area contributed by atoms with Gasteiger partial charge in [-0.15, -0.1) is 0 Å². The number of amides is 1. The van der Waals surface area contributed by atoms with Crippen molar-refractivity contribution in [3.63, 3.8) is 0 Å². The number of hydrogen-bond acceptors (Lipinski definition) is 3. The zero-order valence-electron chi connectivity index (χ0n) is 15.0. The molecule has 0 spiro atoms. The number of carbonyl (C=O) groups is 1. The van der Waals surface area contributed by atoms with Crippen LogP contribution in [0.4, 0.5) is 19.0 Å². The van der Waals surface area contributed by atoms with Gasteiger partial charge in [0.1, 0.15) is 5.82 Å². The van der Waals surface area contributed by atoms with Crippen LogP contribution < -0.4 is 4.90 Å². The van der Waals surface area contributed by atoms with Crippen molar-refractivity contribution in [2.75, 3.05) is 31.1 Å². The van der Waals surface area contributed by atoms with E-state index in [1.54, 1.807) is 23.1 Å². The lowest BCUT2D eigenvalue weighted by molar-refractivity contribution is -0.137. The van der Waals surface area contributed by atoms with Gasteiger partial charge in [0.05, 0.1) is 5.56 Å². The lowest BCUT2D eigenvalue weighted by Crippen LogP contribution is -2.34. The van der Waals surface area contributed by atoms with Gasteiger partial charge in [0.2, 0.25) is 5.91 Å². The standard InChI is InChI=1S/C20H19ClF3N3O/c21-17-6-2-15(3-7-17)4-9-19(28)27-11-1-10-26(12-13-27)18-8-5-16(14-25-18)20(22,23)24/h2-9,14H,1,10-13H2/b9-4+. The fourth-order valence-corrected chi connectivity index (χ4v) is 3.08. The Hall–Kier alpha value is -2.54. The molecule has 148 valence electrons. The highest BCUT2D eigenvalue weighted by Crippen LogP contribution is 2.29. The van der Waals surface area contributed by atoms with E-state index >= 15 is 0 Å². The fourth-order valence-electron chi connectivity index (χ4n) is 2.95. The Morgan fingerprint density at radius 2 is 1.79 bits per heavy atom. The van der Waals surface area contributed by atoms with Crippen molar-refractivity contribution in [1.82, 2.24) is 9.88 Å². The van der Waals surface area contributed by atoms with Crippen LogP contribution in [0.15, 0.2) is 48.7 Å². The second-order valence-corrected chi connectivity index (χ2v) is 6.89. The van der Waals surface area contributed by atoms with Gasteiger partial charge in [-0.1, -0.05) is 23.7 Å². The molecule has 2 aromatic rings. The van der Waals surface area contributed by atoms with Gasteiger partial charge in [-0.25, -0.2) is 4.98 Å². The summed E-state index contributed by atoms with van der Waals surface area (Å²) >= 11 is 5.84. The summed E-state index contributed by atoms with van der Waals surface area (Å²) in [6.45, 7) is 2.20. The first-order valence-corrected chi connectivity index (χ1v) is 9.21. The number of carbonyl (C=O) groups excluding carboxylic acids is 1. The Bertz CT molecular complexity index is 835. The van der Waals surface area contributed by atoms with Crippen molar-refractivity contribution in [2.45, 2.75) is 12.6 Å². The number of pyridine rings is 1. The third kappa shape index (κ3) is 5.25. The highest BCUT2D eigenvalue weighted by molar-refractivity contribution is 6.30. The van der Waals surface area contributed by atoms with E-state index < -0.39 is 11.7 Å². The normalized spacial score (nSPS) is 15.7. The summed E-state index contributed by atoms with van der Waals surface area (Å²) in [4.78, 5) is 20.0. The van der Waals surface area contributed by atoms with Crippen LogP contribution in [-0.4, -0.2) is 42.0 Å². The first-order valence-electron chi connectivity index (χ1n) is 8.84. The van der Waals surface area contributed by atoms with Crippen LogP contribution >= 0.6 is 11.6 Å². The molecule has 4 nitrogen and oxygen atoms in total. The topological polar surface area (TPSA) is 36.4 Å². The Balaban J connectivity index is 1.59. The largest absolute Gasteiger partial charge is 0.417 e. The van der Waals surface area contributed by atoms with Crippen LogP contribution in [0.5, 0.6) is 0 Å². The van der Waals surface area contributed by atoms with Crippen molar-refractivity contribution < 1.29 is 18.0 Å². The molecule has 1 aromatic carbocycles. The molecule has 0 unspecified atom stereocenters. The van der Waals surface area contributed by atoms with Crippen LogP contribution in [0.3, 0.4) is 0 Å². The second kappa shape index (κ2) is 8.65. The lowest BCUT2D eigenvalue weighted by Gasteiger charge is -2.22. The van der Waals surface area contributed by atoms with Gasteiger partial charge < -0.3 is 9.80 Å². The van der Waals surface area contributed by atoms with E-state index in [-0.39, 0.29) is 5.91 Å². The number of halogens is 4. The molecule has 0 aliphatic carbocycles. The number of anilines is 1. The van der Waals surface area contributed by atoms with Crippen LogP contribution in [0.1, 0.15) is 17.5 Å². The monoisotopic (exact) mass is 409 g/mol. The molecule has 1 aliphatic heterocycles. The Labute approximate surface area is 166 Å². The van der Waals surface area contributed by atoms with Crippen LogP contribution in [0.25, 0.3) is 6.08 Å². The number of alkyl halides is 3. The molecule has 2 heterocycles. The molecular formula is C20H19ClF3N3O. The quantitative estimate of drug-likeness (QED) is 0.700. The first-order chi connectivity index (χ1) is 13.3. The summed E-state index contributed by atoms with van der Waals surface area (Å²) in [5.41, 5.74) is 0.110. The molecule has 0 N–H and O–H groups in total. The maximum absolute atomic E-state index is 12.7. The summed E-state index contributed by atoms with van der Waals surface area (Å²) in [7, 11) is 0. The summed E-state index contributed by atoms with van der Waals surface area (Å²) in [5.74, 6) is 0.385. The highest BCUT2D eigenvalue weighted by atomic mass is 35.5. The zero-order chi connectivity index (χ0) is 20.1. The molecule has 1 aliphatic rings. The van der Waals surface area contributed by atoms with Gasteiger partial charge >= 0.3 is 6.18 Å². The average molecular weight is 410 g/mol. The van der Waals surface area contributed by atoms with Crippen molar-refractivity contribution in [2.24, 2.45) is 0 Å². The van der Waals surface area contributed by atoms with Gasteiger partial charge in [-0.05, 0) is 42.3 Å². The van der Waals surface area contributed by atoms with Crippen molar-refractivity contribution in [3.8, 4) is 0 Å². The molecule has 8 heteroatoms. The number of nitrogens with zero attached hydrogens (tertiary/aromatic N) is 3. The number of rotatable bonds is 3. The Morgan fingerprint density at radius 3 is 2.43 bits per heavy atom. The van der Waals surface area contributed by atoms with Crippen LogP contribution in [0.2, 0.25) is 5.02 Å². The molecule has 1 aromatic heterocycles. The molecule has 0 bridgehead atoms. The van der Waals surface area contributed by atoms with Crippen molar-refractivity contribution in [1.29, 1.82) is 0 Å². The van der Waals surface area contributed by atoms with Gasteiger partial charge in [0.25, 0.3) is 0 Å². The number of benzene rings is 1. The number of aromatic nitrogens is 1. The fraction of sp³-hybridized carbons (Fsp3) is 0.300. The Morgan fingerprint density at radius 1 is 1.04 bits per heavy atom. The second-order valence-electron chi connectivity index (χ2n) is 6.45. The van der Waals surface area contributed by atoms with E-state index in [0.717, 1.165) is 17.8 Å². The SMILES string of the molecule is O=C(/C=C/c1ccc(Cl)cc1)N1CCCN(c2ccc(C(F)(F)F)cn2)CC1. The van der Waals surface area contributed by atoms with Gasteiger partial charge in [-0.2, -0.15) is 13.2 Å². The van der Waals surface area contributed by atoms with E-state index in [0.29, 0.717) is 43.4 Å². The summed E-state index contributed by atoms with van der Waals surface area (Å²) in [6.07, 6.45) is 0.416. The van der Waals surface area contributed by atoms with E-state index in [4.69, 9.17) is 11.6 Å². The van der Waals surface area contributed by atoms with Crippen LogP contribution in [-0.2, 0) is 11.0 Å². The molecule has 0 radical (unpaired) electrons. The Kier molecular flexibility index (Phi) is 6.24. The summed E-state index contributed by atoms with van der Waals surface area (Å²) < 4.78 is 38.0. The molecular weight excluding hydrogens is 391 g/mol. The molecule has 0 saturated carbocycles. The molecule has 3 rings (SSSR count). The predicted molar refractivity (Wildman–Crippen MR) is 103 cm³/mol. The van der Waals surface area contributed by atoms with Gasteiger partial charge in [0.15, 0.2) is 0 Å². The molecule has 1 fully saturated rings. The summed E-state index contributed by atoms with van der Waals surface area (Å²) in [6, 6.07) is 9.57. The maximum atomic E-state index is 12.7. The number of hydrogen-bond donors (Lipinski definition) is 0. The predicted octanol–water partition coefficient (Wildman–Crippen LogP) is 4.51. The third-order valence-corrected chi connectivity index (χ3v) is 4.75. The van der Waals surface area contributed by atoms with E-state index in [1.165, 1.54) is 12.1 Å².